The first-order valence-corrected chi connectivity index (χ1v) is 4.29. The van der Waals surface area contributed by atoms with Gasteiger partial charge < -0.3 is 15.6 Å². The summed E-state index contributed by atoms with van der Waals surface area (Å²) in [4.78, 5) is 10.7. The van der Waals surface area contributed by atoms with Crippen molar-refractivity contribution in [2.75, 3.05) is 12.0 Å². The maximum Gasteiger partial charge on any atom is 0.333 e. The van der Waals surface area contributed by atoms with Crippen LogP contribution in [0.15, 0.2) is 42.1 Å². The lowest BCUT2D eigenvalue weighted by atomic mass is 10.3. The number of ether oxygens (including phenoxy) is 1. The first-order chi connectivity index (χ1) is 6.84. The van der Waals surface area contributed by atoms with Crippen molar-refractivity contribution in [3.63, 3.8) is 0 Å². The monoisotopic (exact) mass is 190 g/mol. The van der Waals surface area contributed by atoms with Gasteiger partial charge in [-0.3, -0.25) is 0 Å². The molecule has 0 fully saturated rings. The maximum absolute atomic E-state index is 10.7. The van der Waals surface area contributed by atoms with E-state index in [9.17, 15) is 4.79 Å². The van der Waals surface area contributed by atoms with Crippen LogP contribution in [0.3, 0.4) is 0 Å². The summed E-state index contributed by atoms with van der Waals surface area (Å²) in [5.74, 6) is -0.303. The van der Waals surface area contributed by atoms with E-state index in [0.717, 1.165) is 11.4 Å². The molecule has 2 rings (SSSR count). The van der Waals surface area contributed by atoms with Gasteiger partial charge in [0.15, 0.2) is 0 Å². The van der Waals surface area contributed by atoms with Gasteiger partial charge in [0.05, 0.1) is 11.4 Å². The van der Waals surface area contributed by atoms with Gasteiger partial charge in [-0.25, -0.2) is 4.79 Å². The van der Waals surface area contributed by atoms with Gasteiger partial charge in [0.25, 0.3) is 0 Å². The van der Waals surface area contributed by atoms with E-state index in [1.165, 1.54) is 6.08 Å². The van der Waals surface area contributed by atoms with Crippen LogP contribution in [-0.4, -0.2) is 12.6 Å². The average Bonchev–Trinajstić information content (AvgIpc) is 2.63. The molecule has 0 spiro atoms. The summed E-state index contributed by atoms with van der Waals surface area (Å²) >= 11 is 0. The largest absolute Gasteiger partial charge is 0.456 e. The molecule has 2 N–H and O–H groups in total. The minimum Gasteiger partial charge on any atom is -0.456 e. The summed E-state index contributed by atoms with van der Waals surface area (Å²) in [6.45, 7) is 0.304. The van der Waals surface area contributed by atoms with Crippen LogP contribution in [0.2, 0.25) is 0 Å². The van der Waals surface area contributed by atoms with Gasteiger partial charge in [0.2, 0.25) is 0 Å². The topological polar surface area (TPSA) is 50.4 Å². The first-order valence-electron chi connectivity index (χ1n) is 4.29. The molecule has 1 aromatic carbocycles. The molecule has 0 radical (unpaired) electrons. The van der Waals surface area contributed by atoms with E-state index in [4.69, 9.17) is 4.74 Å². The van der Waals surface area contributed by atoms with Gasteiger partial charge in [-0.15, -0.1) is 0 Å². The fourth-order valence-electron chi connectivity index (χ4n) is 1.12. The Bertz CT molecular complexity index is 360. The second-order valence-corrected chi connectivity index (χ2v) is 2.89. The summed E-state index contributed by atoms with van der Waals surface area (Å²) < 4.78 is 4.72. The van der Waals surface area contributed by atoms with E-state index in [2.05, 4.69) is 10.9 Å². The van der Waals surface area contributed by atoms with Crippen molar-refractivity contribution in [2.24, 2.45) is 0 Å². The number of nitrogens with one attached hydrogen (secondary N) is 2. The second kappa shape index (κ2) is 3.83. The molecule has 0 amide bonds. The zero-order chi connectivity index (χ0) is 9.80. The minimum atomic E-state index is -0.303. The van der Waals surface area contributed by atoms with Gasteiger partial charge in [0, 0.05) is 6.08 Å². The molecule has 0 aromatic heterocycles. The molecule has 0 bridgehead atoms. The Hall–Kier alpha value is -1.97. The highest BCUT2D eigenvalue weighted by Crippen LogP contribution is 2.06. The third kappa shape index (κ3) is 2.04. The van der Waals surface area contributed by atoms with Crippen molar-refractivity contribution in [3.8, 4) is 0 Å². The Morgan fingerprint density at radius 3 is 2.57 bits per heavy atom. The molecular formula is C10H10N2O2. The molecule has 4 nitrogen and oxygen atoms in total. The predicted molar refractivity (Wildman–Crippen MR) is 52.2 cm³/mol. The Morgan fingerprint density at radius 1 is 1.14 bits per heavy atom. The summed E-state index contributed by atoms with van der Waals surface area (Å²) in [5.41, 5.74) is 7.52. The Labute approximate surface area is 81.5 Å². The lowest BCUT2D eigenvalue weighted by molar-refractivity contribution is -0.134. The van der Waals surface area contributed by atoms with Gasteiger partial charge in [-0.05, 0) is 12.1 Å². The van der Waals surface area contributed by atoms with Crippen LogP contribution < -0.4 is 10.9 Å². The van der Waals surface area contributed by atoms with Crippen molar-refractivity contribution >= 4 is 11.7 Å². The number of hydrogen-bond acceptors (Lipinski definition) is 4. The molecule has 72 valence electrons. The SMILES string of the molecule is O=C1C=C(NNc2ccccc2)CO1. The number of anilines is 1. The molecule has 0 saturated heterocycles. The van der Waals surface area contributed by atoms with Crippen LogP contribution in [0.1, 0.15) is 0 Å². The van der Waals surface area contributed by atoms with Crippen molar-refractivity contribution in [1.29, 1.82) is 0 Å². The Morgan fingerprint density at radius 2 is 1.93 bits per heavy atom. The standard InChI is InChI=1S/C10H10N2O2/c13-10-6-9(7-14-10)12-11-8-4-2-1-3-5-8/h1-6,11-12H,7H2. The third-order valence-corrected chi connectivity index (χ3v) is 1.80. The normalized spacial score (nSPS) is 14.6. The number of hydrazine groups is 1. The van der Waals surface area contributed by atoms with Gasteiger partial charge in [-0.1, -0.05) is 18.2 Å². The van der Waals surface area contributed by atoms with E-state index in [-0.39, 0.29) is 5.97 Å². The summed E-state index contributed by atoms with van der Waals surface area (Å²) in [6.07, 6.45) is 1.43. The maximum atomic E-state index is 10.7. The zero-order valence-corrected chi connectivity index (χ0v) is 7.49. The van der Waals surface area contributed by atoms with E-state index in [1.807, 2.05) is 30.3 Å². The average molecular weight is 190 g/mol. The highest BCUT2D eigenvalue weighted by molar-refractivity contribution is 5.85. The van der Waals surface area contributed by atoms with Crippen LogP contribution >= 0.6 is 0 Å². The number of hydrogen-bond donors (Lipinski definition) is 2. The molecule has 1 aliphatic rings. The smallest absolute Gasteiger partial charge is 0.333 e. The number of rotatable bonds is 3. The molecule has 0 aliphatic carbocycles. The predicted octanol–water partition coefficient (Wildman–Crippen LogP) is 1.04. The highest BCUT2D eigenvalue weighted by Gasteiger charge is 2.11. The first kappa shape index (κ1) is 8.62. The van der Waals surface area contributed by atoms with Crippen LogP contribution in [0.5, 0.6) is 0 Å². The Balaban J connectivity index is 1.89. The van der Waals surface area contributed by atoms with Crippen LogP contribution in [-0.2, 0) is 9.53 Å². The van der Waals surface area contributed by atoms with Crippen molar-refractivity contribution in [3.05, 3.63) is 42.1 Å². The molecule has 1 aliphatic heterocycles. The lowest BCUT2D eigenvalue weighted by Gasteiger charge is -2.08. The quantitative estimate of drug-likeness (QED) is 0.552. The number of esters is 1. The molecule has 0 saturated carbocycles. The molecule has 14 heavy (non-hydrogen) atoms. The summed E-state index contributed by atoms with van der Waals surface area (Å²) in [7, 11) is 0. The number of para-hydroxylation sites is 1. The van der Waals surface area contributed by atoms with Crippen molar-refractivity contribution in [2.45, 2.75) is 0 Å². The second-order valence-electron chi connectivity index (χ2n) is 2.89. The van der Waals surface area contributed by atoms with Crippen molar-refractivity contribution < 1.29 is 9.53 Å². The number of benzene rings is 1. The number of carbonyl (C=O) groups excluding carboxylic acids is 1. The van der Waals surface area contributed by atoms with E-state index < -0.39 is 0 Å². The zero-order valence-electron chi connectivity index (χ0n) is 7.49. The third-order valence-electron chi connectivity index (χ3n) is 1.80. The van der Waals surface area contributed by atoms with E-state index in [1.54, 1.807) is 0 Å². The molecule has 1 heterocycles. The summed E-state index contributed by atoms with van der Waals surface area (Å²) in [5, 5.41) is 0. The summed E-state index contributed by atoms with van der Waals surface area (Å²) in [6, 6.07) is 9.63. The van der Waals surface area contributed by atoms with Crippen LogP contribution in [0.25, 0.3) is 0 Å². The van der Waals surface area contributed by atoms with E-state index in [0.29, 0.717) is 6.61 Å². The lowest BCUT2D eigenvalue weighted by Crippen LogP contribution is -2.21. The molecule has 0 unspecified atom stereocenters. The fraction of sp³-hybridized carbons (Fsp3) is 0.100. The van der Waals surface area contributed by atoms with Gasteiger partial charge in [0.1, 0.15) is 6.61 Å². The van der Waals surface area contributed by atoms with Crippen LogP contribution in [0.4, 0.5) is 5.69 Å². The highest BCUT2D eigenvalue weighted by atomic mass is 16.5. The molecule has 1 aromatic rings. The van der Waals surface area contributed by atoms with Gasteiger partial charge in [-0.2, -0.15) is 0 Å². The molecule has 0 atom stereocenters. The van der Waals surface area contributed by atoms with E-state index >= 15 is 0 Å². The number of cyclic esters (lactones) is 1. The number of carbonyl (C=O) groups is 1. The molecular weight excluding hydrogens is 180 g/mol. The Kier molecular flexibility index (Phi) is 2.36. The fourth-order valence-corrected chi connectivity index (χ4v) is 1.12. The molecule has 4 heteroatoms. The van der Waals surface area contributed by atoms with Crippen molar-refractivity contribution in [1.82, 2.24) is 5.43 Å². The minimum absolute atomic E-state index is 0.303. The van der Waals surface area contributed by atoms with Crippen LogP contribution in [0, 0.1) is 0 Å². The van der Waals surface area contributed by atoms with Gasteiger partial charge >= 0.3 is 5.97 Å².